The molecule has 3 rings (SSSR count). The molecule has 134 valence electrons. The molecule has 0 saturated carbocycles. The number of terminal acetylenes is 1. The van der Waals surface area contributed by atoms with Crippen molar-refractivity contribution in [1.82, 2.24) is 19.6 Å². The third-order valence-electron chi connectivity index (χ3n) is 3.25. The van der Waals surface area contributed by atoms with Crippen LogP contribution in [-0.2, 0) is 0 Å². The van der Waals surface area contributed by atoms with E-state index >= 15 is 0 Å². The van der Waals surface area contributed by atoms with Crippen molar-refractivity contribution in [1.29, 1.82) is 0 Å². The van der Waals surface area contributed by atoms with Gasteiger partial charge in [-0.3, -0.25) is 9.78 Å². The lowest BCUT2D eigenvalue weighted by molar-refractivity contribution is 0.147. The van der Waals surface area contributed by atoms with E-state index in [4.69, 9.17) is 11.2 Å². The monoisotopic (exact) mass is 370 g/mol. The smallest absolute Gasteiger partial charge is 0.315 e. The highest BCUT2D eigenvalue weighted by Crippen LogP contribution is 2.32. The predicted molar refractivity (Wildman–Crippen MR) is 78.2 cm³/mol. The van der Waals surface area contributed by atoms with Crippen LogP contribution in [-0.4, -0.2) is 26.2 Å². The first-order valence-electron chi connectivity index (χ1n) is 6.85. The Balaban J connectivity index is 2.35. The molecule has 0 atom stereocenters. The number of hydrogen-bond donors (Lipinski definition) is 1. The number of hydrogen-bond acceptors (Lipinski definition) is 4. The Kier molecular flexibility index (Phi) is 4.33. The fourth-order valence-electron chi connectivity index (χ4n) is 2.23. The number of alkyl halides is 2. The van der Waals surface area contributed by atoms with Crippen LogP contribution in [0, 0.1) is 29.8 Å². The van der Waals surface area contributed by atoms with Crippen LogP contribution in [0.2, 0.25) is 0 Å². The molecule has 0 aliphatic carbocycles. The van der Waals surface area contributed by atoms with Gasteiger partial charge in [0.25, 0.3) is 12.0 Å². The van der Waals surface area contributed by atoms with Crippen LogP contribution in [0.1, 0.15) is 12.1 Å². The highest BCUT2D eigenvalue weighted by atomic mass is 19.3. The molecule has 6 nitrogen and oxygen atoms in total. The van der Waals surface area contributed by atoms with E-state index in [0.717, 1.165) is 0 Å². The Bertz CT molecular complexity index is 1080. The van der Waals surface area contributed by atoms with E-state index in [-0.39, 0.29) is 6.61 Å². The topological polar surface area (TPSA) is 72.3 Å². The third-order valence-corrected chi connectivity index (χ3v) is 3.25. The third kappa shape index (κ3) is 2.85. The number of fused-ring (bicyclic) bond motifs is 1. The Morgan fingerprint density at radius 2 is 1.92 bits per heavy atom. The zero-order valence-corrected chi connectivity index (χ0v) is 12.6. The van der Waals surface area contributed by atoms with Crippen LogP contribution in [0.4, 0.5) is 22.0 Å². The zero-order valence-electron chi connectivity index (χ0n) is 12.6. The van der Waals surface area contributed by atoms with Gasteiger partial charge in [0.2, 0.25) is 5.65 Å². The van der Waals surface area contributed by atoms with Gasteiger partial charge < -0.3 is 4.74 Å². The van der Waals surface area contributed by atoms with Crippen LogP contribution in [0.3, 0.4) is 0 Å². The molecule has 3 aromatic rings. The number of H-pyrrole nitrogens is 1. The molecular formula is C15H7F5N4O2. The number of nitrogens with one attached hydrogen (secondary N) is 1. The summed E-state index contributed by atoms with van der Waals surface area (Å²) in [5, 5.41) is 3.74. The molecule has 0 unspecified atom stereocenters. The molecule has 2 heterocycles. The Hall–Kier alpha value is -3.42. The Morgan fingerprint density at radius 3 is 2.50 bits per heavy atom. The standard InChI is InChI=1S/C15H7F5N4O2/c1-2-3-26-15-22-14(25)13-21-10(12(19)20)11(24(13)23-15)6-4-7(16)9(18)8(17)5-6/h1,4-5,12H,3H2,(H,22,23,25). The van der Waals surface area contributed by atoms with Gasteiger partial charge in [0, 0.05) is 5.56 Å². The van der Waals surface area contributed by atoms with E-state index in [1.165, 1.54) is 0 Å². The first-order chi connectivity index (χ1) is 12.3. The molecule has 1 N–H and O–H groups in total. The normalized spacial score (nSPS) is 11.1. The number of aromatic amines is 1. The molecule has 0 saturated heterocycles. The Labute approximate surface area is 141 Å². The van der Waals surface area contributed by atoms with Crippen molar-refractivity contribution in [2.45, 2.75) is 6.43 Å². The summed E-state index contributed by atoms with van der Waals surface area (Å²) >= 11 is 0. The van der Waals surface area contributed by atoms with E-state index in [2.05, 4.69) is 21.0 Å². The van der Waals surface area contributed by atoms with E-state index in [9.17, 15) is 26.7 Å². The molecule has 0 amide bonds. The van der Waals surface area contributed by atoms with Gasteiger partial charge in [0.05, 0.1) is 0 Å². The number of ether oxygens (including phenoxy) is 1. The average Bonchev–Trinajstić information content (AvgIpc) is 2.97. The van der Waals surface area contributed by atoms with Crippen molar-refractivity contribution >= 4 is 5.65 Å². The van der Waals surface area contributed by atoms with Crippen LogP contribution in [0.5, 0.6) is 6.01 Å². The van der Waals surface area contributed by atoms with Crippen LogP contribution in [0.25, 0.3) is 16.9 Å². The first-order valence-corrected chi connectivity index (χ1v) is 6.85. The molecule has 0 spiro atoms. The second kappa shape index (κ2) is 6.47. The number of nitrogens with zero attached hydrogens (tertiary/aromatic N) is 3. The molecule has 2 aromatic heterocycles. The average molecular weight is 370 g/mol. The largest absolute Gasteiger partial charge is 0.451 e. The maximum Gasteiger partial charge on any atom is 0.315 e. The number of rotatable bonds is 4. The fraction of sp³-hybridized carbons (Fsp3) is 0.133. The maximum absolute atomic E-state index is 13.5. The number of halogens is 5. The summed E-state index contributed by atoms with van der Waals surface area (Å²) in [5.41, 5.74) is -3.59. The van der Waals surface area contributed by atoms with Crippen molar-refractivity contribution in [3.05, 3.63) is 45.6 Å². The van der Waals surface area contributed by atoms with Gasteiger partial charge in [-0.25, -0.2) is 31.5 Å². The van der Waals surface area contributed by atoms with Crippen LogP contribution in [0.15, 0.2) is 16.9 Å². The summed E-state index contributed by atoms with van der Waals surface area (Å²) < 4.78 is 72.4. The second-order valence-corrected chi connectivity index (χ2v) is 4.89. The van der Waals surface area contributed by atoms with Gasteiger partial charge in [-0.05, 0) is 12.1 Å². The van der Waals surface area contributed by atoms with E-state index in [1.807, 2.05) is 0 Å². The van der Waals surface area contributed by atoms with Crippen LogP contribution >= 0.6 is 0 Å². The van der Waals surface area contributed by atoms with Gasteiger partial charge in [-0.2, -0.15) is 0 Å². The van der Waals surface area contributed by atoms with Gasteiger partial charge >= 0.3 is 6.01 Å². The quantitative estimate of drug-likeness (QED) is 0.435. The van der Waals surface area contributed by atoms with Crippen molar-refractivity contribution < 1.29 is 26.7 Å². The molecule has 0 fully saturated rings. The maximum atomic E-state index is 13.5. The number of aromatic nitrogens is 4. The molecule has 1 aromatic carbocycles. The van der Waals surface area contributed by atoms with E-state index in [1.54, 1.807) is 0 Å². The minimum atomic E-state index is -3.21. The summed E-state index contributed by atoms with van der Waals surface area (Å²) in [4.78, 5) is 17.6. The van der Waals surface area contributed by atoms with Gasteiger partial charge in [-0.1, -0.05) is 5.92 Å². The second-order valence-electron chi connectivity index (χ2n) is 4.89. The molecule has 0 aliphatic heterocycles. The minimum absolute atomic E-state index is 0.292. The Morgan fingerprint density at radius 1 is 1.27 bits per heavy atom. The van der Waals surface area contributed by atoms with E-state index in [0.29, 0.717) is 16.6 Å². The van der Waals surface area contributed by atoms with Gasteiger partial charge in [0.1, 0.15) is 11.4 Å². The zero-order chi connectivity index (χ0) is 19.0. The summed E-state index contributed by atoms with van der Waals surface area (Å²) in [6, 6.07) is 0.542. The fourth-order valence-corrected chi connectivity index (χ4v) is 2.23. The lowest BCUT2D eigenvalue weighted by Crippen LogP contribution is -2.15. The van der Waals surface area contributed by atoms with E-state index < -0.39 is 58.0 Å². The molecule has 11 heteroatoms. The molecule has 0 bridgehead atoms. The lowest BCUT2D eigenvalue weighted by atomic mass is 10.1. The summed E-state index contributed by atoms with van der Waals surface area (Å²) in [5.74, 6) is -2.88. The molecule has 26 heavy (non-hydrogen) atoms. The highest BCUT2D eigenvalue weighted by Gasteiger charge is 2.26. The molecular weight excluding hydrogens is 363 g/mol. The molecule has 0 aliphatic rings. The highest BCUT2D eigenvalue weighted by molar-refractivity contribution is 5.67. The first kappa shape index (κ1) is 17.4. The predicted octanol–water partition coefficient (Wildman–Crippen LogP) is 2.45. The summed E-state index contributed by atoms with van der Waals surface area (Å²) in [6.45, 7) is -0.292. The minimum Gasteiger partial charge on any atom is -0.451 e. The van der Waals surface area contributed by atoms with Crippen molar-refractivity contribution in [2.75, 3.05) is 6.61 Å². The van der Waals surface area contributed by atoms with Crippen molar-refractivity contribution in [3.8, 4) is 29.6 Å². The van der Waals surface area contributed by atoms with Crippen molar-refractivity contribution in [3.63, 3.8) is 0 Å². The van der Waals surface area contributed by atoms with Crippen LogP contribution < -0.4 is 10.3 Å². The van der Waals surface area contributed by atoms with Gasteiger partial charge in [-0.15, -0.1) is 11.5 Å². The number of imidazole rings is 1. The number of benzene rings is 1. The SMILES string of the molecule is C#CCOc1nn2c(-c3cc(F)c(F)c(F)c3)c(C(F)F)nc2c(=O)[nH]1. The van der Waals surface area contributed by atoms with Gasteiger partial charge in [0.15, 0.2) is 24.1 Å². The molecule has 0 radical (unpaired) electrons. The van der Waals surface area contributed by atoms with Crippen molar-refractivity contribution in [2.24, 2.45) is 0 Å². The summed E-state index contributed by atoms with van der Waals surface area (Å²) in [7, 11) is 0. The summed E-state index contributed by atoms with van der Waals surface area (Å²) in [6.07, 6.45) is 1.80. The lowest BCUT2D eigenvalue weighted by Gasteiger charge is -2.07.